The second-order valence-corrected chi connectivity index (χ2v) is 5.29. The minimum atomic E-state index is 0.0928. The monoisotopic (exact) mass is 290 g/mol. The van der Waals surface area contributed by atoms with Crippen molar-refractivity contribution in [2.45, 2.75) is 19.4 Å². The Labute approximate surface area is 122 Å². The van der Waals surface area contributed by atoms with Gasteiger partial charge in [0.15, 0.2) is 0 Å². The quantitative estimate of drug-likeness (QED) is 0.869. The zero-order valence-electron chi connectivity index (χ0n) is 11.2. The summed E-state index contributed by atoms with van der Waals surface area (Å²) in [6, 6.07) is 4.21. The number of pyridine rings is 1. The van der Waals surface area contributed by atoms with Crippen LogP contribution in [0, 0.1) is 6.92 Å². The lowest BCUT2D eigenvalue weighted by atomic mass is 10.3. The average Bonchev–Trinajstić information content (AvgIpc) is 2.91. The number of aromatic nitrogens is 3. The molecule has 0 radical (unpaired) electrons. The largest absolute Gasteiger partial charge is 0.458 e. The minimum Gasteiger partial charge on any atom is -0.458 e. The van der Waals surface area contributed by atoms with Gasteiger partial charge in [0, 0.05) is 31.6 Å². The molecular formula is C14H15ClN4O. The zero-order valence-corrected chi connectivity index (χ0v) is 11.9. The fraction of sp³-hybridized carbons (Fsp3) is 0.357. The first kappa shape index (κ1) is 13.1. The Kier molecular flexibility index (Phi) is 3.69. The van der Waals surface area contributed by atoms with Crippen molar-refractivity contribution >= 4 is 17.4 Å². The Hall–Kier alpha value is -1.88. The van der Waals surface area contributed by atoms with E-state index in [4.69, 9.17) is 16.3 Å². The molecule has 0 spiro atoms. The van der Waals surface area contributed by atoms with Gasteiger partial charge in [-0.05, 0) is 24.6 Å². The number of halogens is 1. The second kappa shape index (κ2) is 5.63. The standard InChI is InChI=1S/C14H15ClN4O/c1-10-6-17-14(18-7-10)20-12-4-5-19(9-12)13-3-2-11(15)8-16-13/h2-3,6-8,12H,4-5,9H2,1H3. The highest BCUT2D eigenvalue weighted by atomic mass is 35.5. The third-order valence-corrected chi connectivity index (χ3v) is 3.43. The van der Waals surface area contributed by atoms with E-state index in [-0.39, 0.29) is 6.10 Å². The molecule has 1 aliphatic rings. The van der Waals surface area contributed by atoms with Crippen molar-refractivity contribution in [2.75, 3.05) is 18.0 Å². The van der Waals surface area contributed by atoms with E-state index >= 15 is 0 Å². The summed E-state index contributed by atoms with van der Waals surface area (Å²) >= 11 is 5.84. The molecule has 1 aliphatic heterocycles. The normalized spacial score (nSPS) is 18.3. The molecule has 0 aliphatic carbocycles. The minimum absolute atomic E-state index is 0.0928. The molecule has 6 heteroatoms. The third kappa shape index (κ3) is 2.99. The van der Waals surface area contributed by atoms with Gasteiger partial charge in [-0.15, -0.1) is 0 Å². The summed E-state index contributed by atoms with van der Waals surface area (Å²) in [6.07, 6.45) is 6.21. The summed E-state index contributed by atoms with van der Waals surface area (Å²) < 4.78 is 5.79. The Morgan fingerprint density at radius 3 is 2.70 bits per heavy atom. The van der Waals surface area contributed by atoms with E-state index in [0.717, 1.165) is 30.9 Å². The first-order chi connectivity index (χ1) is 9.70. The number of nitrogens with zero attached hydrogens (tertiary/aromatic N) is 4. The molecule has 3 rings (SSSR count). The smallest absolute Gasteiger partial charge is 0.316 e. The van der Waals surface area contributed by atoms with Crippen molar-refractivity contribution < 1.29 is 4.74 Å². The van der Waals surface area contributed by atoms with Gasteiger partial charge in [-0.25, -0.2) is 15.0 Å². The first-order valence-electron chi connectivity index (χ1n) is 6.52. The Bertz CT molecular complexity index is 573. The molecule has 0 N–H and O–H groups in total. The van der Waals surface area contributed by atoms with Crippen molar-refractivity contribution in [1.29, 1.82) is 0 Å². The summed E-state index contributed by atoms with van der Waals surface area (Å²) in [5, 5.41) is 0.647. The van der Waals surface area contributed by atoms with Crippen LogP contribution in [0.2, 0.25) is 5.02 Å². The van der Waals surface area contributed by atoms with Crippen molar-refractivity contribution in [2.24, 2.45) is 0 Å². The molecule has 20 heavy (non-hydrogen) atoms. The van der Waals surface area contributed by atoms with Crippen LogP contribution in [0.15, 0.2) is 30.7 Å². The molecule has 0 aromatic carbocycles. The molecule has 5 nitrogen and oxygen atoms in total. The van der Waals surface area contributed by atoms with Gasteiger partial charge >= 0.3 is 6.01 Å². The van der Waals surface area contributed by atoms with E-state index in [2.05, 4.69) is 19.9 Å². The predicted octanol–water partition coefficient (Wildman–Crippen LogP) is 2.49. The number of aryl methyl sites for hydroxylation is 1. The highest BCUT2D eigenvalue weighted by Gasteiger charge is 2.25. The summed E-state index contributed by atoms with van der Waals surface area (Å²) in [6.45, 7) is 3.64. The molecule has 1 fully saturated rings. The van der Waals surface area contributed by atoms with E-state index < -0.39 is 0 Å². The Balaban J connectivity index is 1.62. The maximum Gasteiger partial charge on any atom is 0.316 e. The fourth-order valence-electron chi connectivity index (χ4n) is 2.18. The van der Waals surface area contributed by atoms with Crippen molar-refractivity contribution in [1.82, 2.24) is 15.0 Å². The van der Waals surface area contributed by atoms with Crippen LogP contribution in [0.5, 0.6) is 6.01 Å². The highest BCUT2D eigenvalue weighted by Crippen LogP contribution is 2.21. The Morgan fingerprint density at radius 2 is 2.00 bits per heavy atom. The predicted molar refractivity (Wildman–Crippen MR) is 77.3 cm³/mol. The van der Waals surface area contributed by atoms with Crippen LogP contribution in [-0.4, -0.2) is 34.1 Å². The highest BCUT2D eigenvalue weighted by molar-refractivity contribution is 6.30. The first-order valence-corrected chi connectivity index (χ1v) is 6.90. The third-order valence-electron chi connectivity index (χ3n) is 3.21. The molecule has 2 aromatic rings. The number of rotatable bonds is 3. The van der Waals surface area contributed by atoms with Gasteiger partial charge in [0.2, 0.25) is 0 Å². The van der Waals surface area contributed by atoms with Crippen LogP contribution < -0.4 is 9.64 Å². The van der Waals surface area contributed by atoms with E-state index in [0.29, 0.717) is 11.0 Å². The van der Waals surface area contributed by atoms with Crippen LogP contribution in [0.1, 0.15) is 12.0 Å². The van der Waals surface area contributed by atoms with Gasteiger partial charge in [0.25, 0.3) is 0 Å². The molecule has 1 unspecified atom stereocenters. The van der Waals surface area contributed by atoms with Gasteiger partial charge in [-0.2, -0.15) is 0 Å². The summed E-state index contributed by atoms with van der Waals surface area (Å²) in [4.78, 5) is 14.8. The van der Waals surface area contributed by atoms with E-state index in [1.807, 2.05) is 19.1 Å². The molecule has 1 atom stereocenters. The van der Waals surface area contributed by atoms with Gasteiger partial charge in [0.1, 0.15) is 11.9 Å². The van der Waals surface area contributed by atoms with Crippen molar-refractivity contribution in [3.05, 3.63) is 41.3 Å². The van der Waals surface area contributed by atoms with Gasteiger partial charge in [-0.1, -0.05) is 11.6 Å². The van der Waals surface area contributed by atoms with E-state index in [9.17, 15) is 0 Å². The zero-order chi connectivity index (χ0) is 13.9. The van der Waals surface area contributed by atoms with Crippen LogP contribution in [0.25, 0.3) is 0 Å². The molecule has 0 bridgehead atoms. The SMILES string of the molecule is Cc1cnc(OC2CCN(c3ccc(Cl)cn3)C2)nc1. The molecule has 2 aromatic heterocycles. The van der Waals surface area contributed by atoms with E-state index in [1.165, 1.54) is 0 Å². The van der Waals surface area contributed by atoms with Crippen LogP contribution in [0.4, 0.5) is 5.82 Å². The lowest BCUT2D eigenvalue weighted by Gasteiger charge is -2.17. The molecule has 3 heterocycles. The van der Waals surface area contributed by atoms with Gasteiger partial charge in [0.05, 0.1) is 11.6 Å². The van der Waals surface area contributed by atoms with Crippen LogP contribution >= 0.6 is 11.6 Å². The van der Waals surface area contributed by atoms with Gasteiger partial charge in [-0.3, -0.25) is 0 Å². The maximum absolute atomic E-state index is 5.84. The molecule has 1 saturated heterocycles. The number of hydrogen-bond acceptors (Lipinski definition) is 5. The van der Waals surface area contributed by atoms with Crippen molar-refractivity contribution in [3.8, 4) is 6.01 Å². The van der Waals surface area contributed by atoms with E-state index in [1.54, 1.807) is 18.6 Å². The lowest BCUT2D eigenvalue weighted by Crippen LogP contribution is -2.25. The molecule has 104 valence electrons. The molecular weight excluding hydrogens is 276 g/mol. The number of ether oxygens (including phenoxy) is 1. The fourth-order valence-corrected chi connectivity index (χ4v) is 2.29. The average molecular weight is 291 g/mol. The topological polar surface area (TPSA) is 51.1 Å². The summed E-state index contributed by atoms with van der Waals surface area (Å²) in [7, 11) is 0. The van der Waals surface area contributed by atoms with Gasteiger partial charge < -0.3 is 9.64 Å². The molecule has 0 amide bonds. The van der Waals surface area contributed by atoms with Crippen LogP contribution in [-0.2, 0) is 0 Å². The summed E-state index contributed by atoms with van der Waals surface area (Å²) in [5.41, 5.74) is 1.02. The molecule has 0 saturated carbocycles. The lowest BCUT2D eigenvalue weighted by molar-refractivity contribution is 0.206. The number of hydrogen-bond donors (Lipinski definition) is 0. The second-order valence-electron chi connectivity index (χ2n) is 4.85. The van der Waals surface area contributed by atoms with Crippen LogP contribution in [0.3, 0.4) is 0 Å². The van der Waals surface area contributed by atoms with Crippen molar-refractivity contribution in [3.63, 3.8) is 0 Å². The number of anilines is 1. The Morgan fingerprint density at radius 1 is 1.20 bits per heavy atom. The summed E-state index contributed by atoms with van der Waals surface area (Å²) in [5.74, 6) is 0.922. The maximum atomic E-state index is 5.84.